The number of carbonyl (C=O) groups excluding carboxylic acids is 1. The Morgan fingerprint density at radius 2 is 1.77 bits per heavy atom. The van der Waals surface area contributed by atoms with Crippen LogP contribution in [0.3, 0.4) is 0 Å². The molecule has 152 valence electrons. The monoisotopic (exact) mass is 417 g/mol. The van der Waals surface area contributed by atoms with Crippen molar-refractivity contribution in [2.75, 3.05) is 27.2 Å². The van der Waals surface area contributed by atoms with Gasteiger partial charge in [-0.25, -0.2) is 4.98 Å². The van der Waals surface area contributed by atoms with E-state index in [1.54, 1.807) is 17.4 Å². The summed E-state index contributed by atoms with van der Waals surface area (Å²) in [4.78, 5) is 18.6. The molecule has 30 heavy (non-hydrogen) atoms. The molecule has 1 aromatic heterocycles. The van der Waals surface area contributed by atoms with E-state index >= 15 is 0 Å². The molecule has 0 saturated heterocycles. The fraction of sp³-hybridized carbons (Fsp3) is 0.167. The van der Waals surface area contributed by atoms with Crippen LogP contribution in [0.4, 0.5) is 0 Å². The number of likely N-dealkylation sites (N-methyl/N-ethyl adjacent to an activating group) is 1. The standard InChI is InChI=1S/C24H23N3O2S/c1-27(2)13-14-29-18-11-12-21-22(15-18)30-24(26-21)17-9-7-16(8-10-17)19-5-3-4-6-20(19)23(25)28/h3-12,15H,13-14H2,1-2H3,(H2,25,28). The van der Waals surface area contributed by atoms with Crippen LogP contribution in [0.2, 0.25) is 0 Å². The summed E-state index contributed by atoms with van der Waals surface area (Å²) in [7, 11) is 4.06. The molecule has 0 aliphatic heterocycles. The number of primary amides is 1. The Balaban J connectivity index is 1.58. The van der Waals surface area contributed by atoms with Crippen molar-refractivity contribution in [3.8, 4) is 27.4 Å². The molecule has 2 N–H and O–H groups in total. The highest BCUT2D eigenvalue weighted by atomic mass is 32.1. The van der Waals surface area contributed by atoms with Crippen molar-refractivity contribution >= 4 is 27.5 Å². The second kappa shape index (κ2) is 8.65. The van der Waals surface area contributed by atoms with Gasteiger partial charge in [0.25, 0.3) is 0 Å². The minimum absolute atomic E-state index is 0.426. The maximum absolute atomic E-state index is 11.7. The van der Waals surface area contributed by atoms with Crippen molar-refractivity contribution in [3.05, 3.63) is 72.3 Å². The van der Waals surface area contributed by atoms with Gasteiger partial charge in [-0.3, -0.25) is 4.79 Å². The second-order valence-electron chi connectivity index (χ2n) is 7.29. The minimum Gasteiger partial charge on any atom is -0.492 e. The molecule has 3 aromatic carbocycles. The summed E-state index contributed by atoms with van der Waals surface area (Å²) in [6.07, 6.45) is 0. The summed E-state index contributed by atoms with van der Waals surface area (Å²) in [5.41, 5.74) is 9.81. The van der Waals surface area contributed by atoms with Crippen LogP contribution in [0.15, 0.2) is 66.7 Å². The highest BCUT2D eigenvalue weighted by Crippen LogP contribution is 2.33. The highest BCUT2D eigenvalue weighted by Gasteiger charge is 2.11. The zero-order chi connectivity index (χ0) is 21.1. The van der Waals surface area contributed by atoms with Crippen LogP contribution < -0.4 is 10.5 Å². The first kappa shape index (κ1) is 20.1. The number of carbonyl (C=O) groups is 1. The molecule has 0 aliphatic rings. The summed E-state index contributed by atoms with van der Waals surface area (Å²) in [6, 6.07) is 21.4. The molecule has 4 rings (SSSR count). The lowest BCUT2D eigenvalue weighted by Crippen LogP contribution is -2.19. The number of aromatic nitrogens is 1. The Bertz CT molecular complexity index is 1180. The van der Waals surface area contributed by atoms with Gasteiger partial charge in [0.2, 0.25) is 5.91 Å². The van der Waals surface area contributed by atoms with Crippen LogP contribution in [0.1, 0.15) is 10.4 Å². The number of nitrogens with two attached hydrogens (primary N) is 1. The maximum Gasteiger partial charge on any atom is 0.249 e. The molecule has 0 saturated carbocycles. The number of rotatable bonds is 7. The molecule has 4 aromatic rings. The van der Waals surface area contributed by atoms with E-state index in [9.17, 15) is 4.79 Å². The number of fused-ring (bicyclic) bond motifs is 1. The van der Waals surface area contributed by atoms with Crippen molar-refractivity contribution in [1.29, 1.82) is 0 Å². The SMILES string of the molecule is CN(C)CCOc1ccc2nc(-c3ccc(-c4ccccc4C(N)=O)cc3)sc2c1. The lowest BCUT2D eigenvalue weighted by Gasteiger charge is -2.10. The predicted octanol–water partition coefficient (Wildman–Crippen LogP) is 4.67. The summed E-state index contributed by atoms with van der Waals surface area (Å²) >= 11 is 1.64. The van der Waals surface area contributed by atoms with E-state index in [0.717, 1.165) is 44.2 Å². The molecular formula is C24H23N3O2S. The molecule has 0 fully saturated rings. The minimum atomic E-state index is -0.426. The Kier molecular flexibility index (Phi) is 5.79. The summed E-state index contributed by atoms with van der Waals surface area (Å²) in [5.74, 6) is 0.433. The molecule has 0 radical (unpaired) electrons. The largest absolute Gasteiger partial charge is 0.492 e. The average molecular weight is 418 g/mol. The van der Waals surface area contributed by atoms with E-state index in [1.165, 1.54) is 0 Å². The number of hydrogen-bond acceptors (Lipinski definition) is 5. The molecule has 1 amide bonds. The number of nitrogens with zero attached hydrogens (tertiary/aromatic N) is 2. The van der Waals surface area contributed by atoms with E-state index in [1.807, 2.05) is 74.8 Å². The predicted molar refractivity (Wildman–Crippen MR) is 123 cm³/mol. The molecule has 0 unspecified atom stereocenters. The second-order valence-corrected chi connectivity index (χ2v) is 8.32. The molecule has 0 atom stereocenters. The maximum atomic E-state index is 11.7. The van der Waals surface area contributed by atoms with Gasteiger partial charge in [-0.2, -0.15) is 0 Å². The number of thiazole rings is 1. The van der Waals surface area contributed by atoms with Crippen molar-refractivity contribution in [1.82, 2.24) is 9.88 Å². The summed E-state index contributed by atoms with van der Waals surface area (Å²) in [6.45, 7) is 1.52. The summed E-state index contributed by atoms with van der Waals surface area (Å²) < 4.78 is 6.93. The molecule has 5 nitrogen and oxygen atoms in total. The third kappa shape index (κ3) is 4.35. The first-order valence-electron chi connectivity index (χ1n) is 9.69. The smallest absolute Gasteiger partial charge is 0.249 e. The van der Waals surface area contributed by atoms with Gasteiger partial charge in [0.1, 0.15) is 17.4 Å². The lowest BCUT2D eigenvalue weighted by atomic mass is 9.98. The Hall–Kier alpha value is -3.22. The van der Waals surface area contributed by atoms with Crippen molar-refractivity contribution in [2.24, 2.45) is 5.73 Å². The van der Waals surface area contributed by atoms with E-state index in [-0.39, 0.29) is 0 Å². The Labute approximate surface area is 179 Å². The Morgan fingerprint density at radius 1 is 1.03 bits per heavy atom. The van der Waals surface area contributed by atoms with Gasteiger partial charge in [0.15, 0.2) is 0 Å². The fourth-order valence-corrected chi connectivity index (χ4v) is 4.21. The van der Waals surface area contributed by atoms with Gasteiger partial charge in [0.05, 0.1) is 10.2 Å². The van der Waals surface area contributed by atoms with Gasteiger partial charge < -0.3 is 15.4 Å². The normalized spacial score (nSPS) is 11.2. The zero-order valence-electron chi connectivity index (χ0n) is 17.0. The molecule has 6 heteroatoms. The molecule has 0 bridgehead atoms. The van der Waals surface area contributed by atoms with E-state index in [4.69, 9.17) is 15.5 Å². The third-order valence-electron chi connectivity index (χ3n) is 4.80. The lowest BCUT2D eigenvalue weighted by molar-refractivity contribution is 0.100. The van der Waals surface area contributed by atoms with Gasteiger partial charge in [-0.15, -0.1) is 11.3 Å². The van der Waals surface area contributed by atoms with Crippen LogP contribution >= 0.6 is 11.3 Å². The first-order valence-corrected chi connectivity index (χ1v) is 10.5. The highest BCUT2D eigenvalue weighted by molar-refractivity contribution is 7.21. The van der Waals surface area contributed by atoms with Crippen molar-refractivity contribution < 1.29 is 9.53 Å². The number of ether oxygens (including phenoxy) is 1. The van der Waals surface area contributed by atoms with Gasteiger partial charge >= 0.3 is 0 Å². The average Bonchev–Trinajstić information content (AvgIpc) is 3.17. The van der Waals surface area contributed by atoms with Crippen molar-refractivity contribution in [3.63, 3.8) is 0 Å². The van der Waals surface area contributed by atoms with E-state index < -0.39 is 5.91 Å². The Morgan fingerprint density at radius 3 is 2.50 bits per heavy atom. The number of hydrogen-bond donors (Lipinski definition) is 1. The van der Waals surface area contributed by atoms with E-state index in [2.05, 4.69) is 4.90 Å². The molecule has 0 spiro atoms. The van der Waals surface area contributed by atoms with Crippen LogP contribution in [0.5, 0.6) is 5.75 Å². The molecular weight excluding hydrogens is 394 g/mol. The molecule has 0 aliphatic carbocycles. The quantitative estimate of drug-likeness (QED) is 0.474. The van der Waals surface area contributed by atoms with Crippen LogP contribution in [-0.4, -0.2) is 43.0 Å². The first-order chi connectivity index (χ1) is 14.5. The fourth-order valence-electron chi connectivity index (χ4n) is 3.21. The van der Waals surface area contributed by atoms with Gasteiger partial charge in [-0.1, -0.05) is 42.5 Å². The van der Waals surface area contributed by atoms with Crippen LogP contribution in [0, 0.1) is 0 Å². The van der Waals surface area contributed by atoms with Crippen LogP contribution in [-0.2, 0) is 0 Å². The summed E-state index contributed by atoms with van der Waals surface area (Å²) in [5, 5.41) is 0.949. The third-order valence-corrected chi connectivity index (χ3v) is 5.87. The number of benzene rings is 3. The van der Waals surface area contributed by atoms with E-state index in [0.29, 0.717) is 12.2 Å². The molecule has 1 heterocycles. The van der Waals surface area contributed by atoms with Crippen molar-refractivity contribution in [2.45, 2.75) is 0 Å². The topological polar surface area (TPSA) is 68.4 Å². The van der Waals surface area contributed by atoms with Crippen LogP contribution in [0.25, 0.3) is 31.9 Å². The zero-order valence-corrected chi connectivity index (χ0v) is 17.8. The van der Waals surface area contributed by atoms with Gasteiger partial charge in [0, 0.05) is 17.7 Å². The van der Waals surface area contributed by atoms with Gasteiger partial charge in [-0.05, 0) is 49.5 Å². The number of amides is 1.